The zero-order valence-electron chi connectivity index (χ0n) is 21.5. The monoisotopic (exact) mass is 569 g/mol. The van der Waals surface area contributed by atoms with Crippen LogP contribution in [0.2, 0.25) is 0 Å². The number of aromatic nitrogens is 1. The number of halogens is 3. The minimum atomic E-state index is -4.78. The number of nitrogens with one attached hydrogen (secondary N) is 2. The Morgan fingerprint density at radius 3 is 2.54 bits per heavy atom. The van der Waals surface area contributed by atoms with E-state index >= 15 is 0 Å². The third-order valence-corrected chi connectivity index (χ3v) is 6.56. The van der Waals surface area contributed by atoms with Gasteiger partial charge in [-0.2, -0.15) is 13.2 Å². The Morgan fingerprint density at radius 2 is 1.90 bits per heavy atom. The van der Waals surface area contributed by atoms with Crippen LogP contribution in [-0.2, 0) is 27.1 Å². The van der Waals surface area contributed by atoms with Crippen molar-refractivity contribution >= 4 is 35.7 Å². The molecule has 0 spiro atoms. The molecule has 1 aromatic heterocycles. The summed E-state index contributed by atoms with van der Waals surface area (Å²) in [6, 6.07) is 12.3. The van der Waals surface area contributed by atoms with E-state index in [9.17, 15) is 37.5 Å². The normalized spacial score (nSPS) is 15.7. The fraction of sp³-hybridized carbons (Fsp3) is 0.250. The second-order valence-electron chi connectivity index (χ2n) is 9.37. The van der Waals surface area contributed by atoms with E-state index in [1.54, 1.807) is 42.5 Å². The minimum absolute atomic E-state index is 0.132. The van der Waals surface area contributed by atoms with Crippen LogP contribution in [0.1, 0.15) is 35.6 Å². The Balaban J connectivity index is 1.57. The van der Waals surface area contributed by atoms with Crippen LogP contribution in [0, 0.1) is 0 Å². The van der Waals surface area contributed by atoms with Crippen molar-refractivity contribution in [2.24, 2.45) is 0 Å². The number of carboxylic acid groups (broad SMARTS) is 1. The van der Waals surface area contributed by atoms with Gasteiger partial charge in [0, 0.05) is 43.3 Å². The van der Waals surface area contributed by atoms with E-state index in [1.807, 2.05) is 0 Å². The molecule has 1 aliphatic rings. The molecule has 2 atom stereocenters. The number of pyridine rings is 1. The highest BCUT2D eigenvalue weighted by molar-refractivity contribution is 5.98. The highest BCUT2D eigenvalue weighted by Gasteiger charge is 2.39. The third-order valence-electron chi connectivity index (χ3n) is 6.56. The molecule has 3 aromatic rings. The number of hydrogen-bond donors (Lipinski definition) is 3. The average Bonchev–Trinajstić information content (AvgIpc) is 3.33. The van der Waals surface area contributed by atoms with Crippen LogP contribution in [0.3, 0.4) is 0 Å². The van der Waals surface area contributed by atoms with Crippen LogP contribution in [0.4, 0.5) is 29.3 Å². The maximum Gasteiger partial charge on any atom is 0.416 e. The van der Waals surface area contributed by atoms with Crippen molar-refractivity contribution < 1.29 is 37.5 Å². The van der Waals surface area contributed by atoms with Crippen LogP contribution < -0.4 is 15.5 Å². The lowest BCUT2D eigenvalue weighted by Gasteiger charge is -2.32. The van der Waals surface area contributed by atoms with E-state index in [2.05, 4.69) is 15.6 Å². The third kappa shape index (κ3) is 7.38. The molecule has 2 unspecified atom stereocenters. The van der Waals surface area contributed by atoms with E-state index in [0.29, 0.717) is 12.0 Å². The summed E-state index contributed by atoms with van der Waals surface area (Å²) in [5, 5.41) is 14.4. The van der Waals surface area contributed by atoms with Gasteiger partial charge in [0.05, 0.1) is 24.1 Å². The number of alkyl halides is 3. The van der Waals surface area contributed by atoms with Crippen molar-refractivity contribution in [2.45, 2.75) is 37.6 Å². The van der Waals surface area contributed by atoms with Crippen molar-refractivity contribution in [1.29, 1.82) is 0 Å². The van der Waals surface area contributed by atoms with E-state index in [4.69, 9.17) is 0 Å². The number of rotatable bonds is 10. The summed E-state index contributed by atoms with van der Waals surface area (Å²) in [4.78, 5) is 55.4. The molecule has 10 nitrogen and oxygen atoms in total. The number of carboxylic acids is 1. The average molecular weight is 570 g/mol. The minimum Gasteiger partial charge on any atom is -0.481 e. The number of aliphatic carboxylic acids is 1. The van der Waals surface area contributed by atoms with Crippen molar-refractivity contribution in [3.8, 4) is 0 Å². The summed E-state index contributed by atoms with van der Waals surface area (Å²) in [7, 11) is 0. The van der Waals surface area contributed by atoms with E-state index < -0.39 is 48.2 Å². The molecule has 13 heteroatoms. The summed E-state index contributed by atoms with van der Waals surface area (Å²) in [5.41, 5.74) is -0.195. The van der Waals surface area contributed by atoms with E-state index in [1.165, 1.54) is 23.4 Å². The number of benzene rings is 2. The predicted octanol–water partition coefficient (Wildman–Crippen LogP) is 4.20. The van der Waals surface area contributed by atoms with Gasteiger partial charge in [-0.1, -0.05) is 36.4 Å². The molecule has 0 radical (unpaired) electrons. The van der Waals surface area contributed by atoms with Gasteiger partial charge in [0.25, 0.3) is 0 Å². The van der Waals surface area contributed by atoms with Crippen LogP contribution in [0.5, 0.6) is 0 Å². The molecule has 4 rings (SSSR count). The summed E-state index contributed by atoms with van der Waals surface area (Å²) < 4.78 is 41.3. The Bertz CT molecular complexity index is 1410. The molecule has 4 amide bonds. The van der Waals surface area contributed by atoms with Crippen LogP contribution >= 0.6 is 0 Å². The first-order valence-electron chi connectivity index (χ1n) is 12.5. The number of amides is 4. The lowest BCUT2D eigenvalue weighted by Crippen LogP contribution is -2.40. The zero-order valence-corrected chi connectivity index (χ0v) is 21.5. The molecule has 214 valence electrons. The van der Waals surface area contributed by atoms with E-state index in [0.717, 1.165) is 22.6 Å². The summed E-state index contributed by atoms with van der Waals surface area (Å²) in [6.45, 7) is -0.0460. The molecule has 1 fully saturated rings. The van der Waals surface area contributed by atoms with Gasteiger partial charge in [-0.25, -0.2) is 4.79 Å². The largest absolute Gasteiger partial charge is 0.481 e. The van der Waals surface area contributed by atoms with Gasteiger partial charge >= 0.3 is 18.2 Å². The molecule has 1 saturated heterocycles. The molecule has 41 heavy (non-hydrogen) atoms. The maximum absolute atomic E-state index is 13.8. The molecule has 3 N–H and O–H groups in total. The van der Waals surface area contributed by atoms with Gasteiger partial charge in [0.15, 0.2) is 0 Å². The molecular weight excluding hydrogens is 543 g/mol. The molecule has 2 heterocycles. The van der Waals surface area contributed by atoms with E-state index in [-0.39, 0.29) is 30.9 Å². The standard InChI is InChI=1S/C28H26F3N5O5/c29-28(30,31)20-9-21(34-27(41)33-14-18-5-2-1-3-6-18)11-22(10-20)35-16-23(12-25(35)38)36(17-37)24(13-26(39)40)19-7-4-8-32-15-19/h1-11,15,17,23-24H,12-14,16H2,(H,39,40)(H2,33,34,41). The maximum atomic E-state index is 13.8. The smallest absolute Gasteiger partial charge is 0.416 e. The molecule has 2 aromatic carbocycles. The highest BCUT2D eigenvalue weighted by Crippen LogP contribution is 2.37. The Hall–Kier alpha value is -4.94. The highest BCUT2D eigenvalue weighted by atomic mass is 19.4. The first kappa shape index (κ1) is 29.1. The topological polar surface area (TPSA) is 132 Å². The fourth-order valence-corrected chi connectivity index (χ4v) is 4.64. The van der Waals surface area contributed by atoms with Gasteiger partial charge in [0.2, 0.25) is 12.3 Å². The van der Waals surface area contributed by atoms with Crippen molar-refractivity contribution in [2.75, 3.05) is 16.8 Å². The number of nitrogens with zero attached hydrogens (tertiary/aromatic N) is 3. The van der Waals surface area contributed by atoms with Gasteiger partial charge in [-0.05, 0) is 35.4 Å². The summed E-state index contributed by atoms with van der Waals surface area (Å²) in [5.74, 6) is -1.76. The summed E-state index contributed by atoms with van der Waals surface area (Å²) in [6.07, 6.45) is -2.17. The first-order chi connectivity index (χ1) is 19.5. The van der Waals surface area contributed by atoms with Crippen molar-refractivity contribution in [3.05, 3.63) is 89.7 Å². The number of carbonyl (C=O) groups excluding carboxylic acids is 3. The van der Waals surface area contributed by atoms with Gasteiger partial charge in [0.1, 0.15) is 0 Å². The quantitative estimate of drug-likeness (QED) is 0.314. The Labute approximate surface area is 232 Å². The van der Waals surface area contributed by atoms with Crippen molar-refractivity contribution in [3.63, 3.8) is 0 Å². The SMILES string of the molecule is O=CN(C1CC(=O)N(c2cc(NC(=O)NCc3ccccc3)cc(C(F)(F)F)c2)C1)C(CC(=O)O)c1cccnc1. The number of urea groups is 1. The fourth-order valence-electron chi connectivity index (χ4n) is 4.64. The van der Waals surface area contributed by atoms with Gasteiger partial charge in [-0.3, -0.25) is 19.4 Å². The molecular formula is C28H26F3N5O5. The molecule has 0 bridgehead atoms. The molecule has 1 aliphatic heterocycles. The number of hydrogen-bond acceptors (Lipinski definition) is 5. The number of anilines is 2. The lowest BCUT2D eigenvalue weighted by atomic mass is 10.0. The Kier molecular flexibility index (Phi) is 8.85. The first-order valence-corrected chi connectivity index (χ1v) is 12.5. The lowest BCUT2D eigenvalue weighted by molar-refractivity contribution is -0.140. The second-order valence-corrected chi connectivity index (χ2v) is 9.37. The summed E-state index contributed by atoms with van der Waals surface area (Å²) >= 11 is 0. The zero-order chi connectivity index (χ0) is 29.6. The van der Waals surface area contributed by atoms with Gasteiger partial charge < -0.3 is 25.5 Å². The molecule has 0 saturated carbocycles. The van der Waals surface area contributed by atoms with Crippen molar-refractivity contribution in [1.82, 2.24) is 15.2 Å². The van der Waals surface area contributed by atoms with Crippen LogP contribution in [0.25, 0.3) is 0 Å². The Morgan fingerprint density at radius 1 is 1.15 bits per heavy atom. The van der Waals surface area contributed by atoms with Gasteiger partial charge in [-0.15, -0.1) is 0 Å². The molecule has 0 aliphatic carbocycles. The second kappa shape index (κ2) is 12.5. The van der Waals surface area contributed by atoms with Crippen LogP contribution in [0.15, 0.2) is 73.1 Å². The van der Waals surface area contributed by atoms with Crippen LogP contribution in [-0.4, -0.2) is 51.9 Å². The predicted molar refractivity (Wildman–Crippen MR) is 142 cm³/mol. The number of carbonyl (C=O) groups is 4.